The molecule has 3 aromatic rings. The van der Waals surface area contributed by atoms with Crippen LogP contribution >= 0.6 is 27.7 Å². The molecule has 31 heavy (non-hydrogen) atoms. The second-order valence-corrected chi connectivity index (χ2v) is 8.87. The van der Waals surface area contributed by atoms with E-state index in [1.165, 1.54) is 0 Å². The number of aromatic nitrogens is 1. The molecule has 1 saturated heterocycles. The molecule has 2 heterocycles. The van der Waals surface area contributed by atoms with Crippen molar-refractivity contribution in [1.82, 2.24) is 9.47 Å². The van der Waals surface area contributed by atoms with E-state index in [4.69, 9.17) is 0 Å². The lowest BCUT2D eigenvalue weighted by Crippen LogP contribution is -2.36. The van der Waals surface area contributed by atoms with Crippen LogP contribution in [0.25, 0.3) is 11.8 Å². The van der Waals surface area contributed by atoms with Gasteiger partial charge >= 0.3 is 0 Å². The van der Waals surface area contributed by atoms with Gasteiger partial charge in [-0.3, -0.25) is 19.3 Å². The number of hydrogen-bond donors (Lipinski definition) is 1. The third-order valence-corrected chi connectivity index (χ3v) is 6.11. The van der Waals surface area contributed by atoms with Crippen molar-refractivity contribution in [3.63, 3.8) is 0 Å². The van der Waals surface area contributed by atoms with Crippen LogP contribution < -0.4 is 5.32 Å². The number of imide groups is 1. The summed E-state index contributed by atoms with van der Waals surface area (Å²) in [4.78, 5) is 38.8. The Labute approximate surface area is 192 Å². The van der Waals surface area contributed by atoms with Crippen LogP contribution in [0.2, 0.25) is 0 Å². The van der Waals surface area contributed by atoms with Gasteiger partial charge in [0.15, 0.2) is 0 Å². The van der Waals surface area contributed by atoms with Gasteiger partial charge < -0.3 is 9.88 Å². The minimum atomic E-state index is -0.474. The van der Waals surface area contributed by atoms with E-state index >= 15 is 0 Å². The van der Waals surface area contributed by atoms with Gasteiger partial charge in [-0.05, 0) is 73.3 Å². The molecule has 1 N–H and O–H groups in total. The average Bonchev–Trinajstić information content (AvgIpc) is 3.30. The third kappa shape index (κ3) is 4.81. The average molecular weight is 496 g/mol. The fourth-order valence-corrected chi connectivity index (χ4v) is 4.19. The lowest BCUT2D eigenvalue weighted by Gasteiger charge is -2.12. The summed E-state index contributed by atoms with van der Waals surface area (Å²) in [5, 5.41) is 2.25. The Morgan fingerprint density at radius 3 is 2.48 bits per heavy atom. The molecular formula is C23H18BrN3O3S. The van der Waals surface area contributed by atoms with Gasteiger partial charge in [0.05, 0.1) is 4.91 Å². The van der Waals surface area contributed by atoms with Gasteiger partial charge in [-0.25, -0.2) is 0 Å². The molecule has 0 radical (unpaired) electrons. The maximum absolute atomic E-state index is 12.8. The van der Waals surface area contributed by atoms with E-state index in [1.54, 1.807) is 18.2 Å². The summed E-state index contributed by atoms with van der Waals surface area (Å²) in [6.45, 7) is 1.62. The van der Waals surface area contributed by atoms with Crippen LogP contribution in [0.15, 0.2) is 76.2 Å². The SMILES string of the molecule is Cc1ccc(NC(=O)CN2C(=O)S/C(=C\c3cccn3-c3ccc(Br)cc3)C2=O)cc1. The Balaban J connectivity index is 1.49. The van der Waals surface area contributed by atoms with Crippen molar-refractivity contribution >= 4 is 56.5 Å². The normalized spacial score (nSPS) is 15.0. The number of nitrogens with zero attached hydrogens (tertiary/aromatic N) is 2. The molecule has 1 aromatic heterocycles. The van der Waals surface area contributed by atoms with Crippen LogP contribution in [-0.4, -0.2) is 33.1 Å². The molecule has 1 aliphatic rings. The van der Waals surface area contributed by atoms with Crippen LogP contribution in [0.5, 0.6) is 0 Å². The number of carbonyl (C=O) groups is 3. The molecule has 2 aromatic carbocycles. The van der Waals surface area contributed by atoms with Gasteiger partial charge in [0.25, 0.3) is 11.1 Å². The summed E-state index contributed by atoms with van der Waals surface area (Å²) < 4.78 is 2.89. The standard InChI is InChI=1S/C23H18BrN3O3S/c1-15-4-8-17(9-5-15)25-21(28)14-27-22(29)20(31-23(27)30)13-19-3-2-12-26(19)18-10-6-16(24)7-11-18/h2-13H,14H2,1H3,(H,25,28)/b20-13-. The Hall–Kier alpha value is -3.10. The van der Waals surface area contributed by atoms with E-state index in [2.05, 4.69) is 21.2 Å². The summed E-state index contributed by atoms with van der Waals surface area (Å²) >= 11 is 4.25. The monoisotopic (exact) mass is 495 g/mol. The highest BCUT2D eigenvalue weighted by molar-refractivity contribution is 9.10. The maximum atomic E-state index is 12.8. The molecule has 0 aliphatic carbocycles. The van der Waals surface area contributed by atoms with Gasteiger partial charge in [-0.2, -0.15) is 0 Å². The number of anilines is 1. The predicted octanol–water partition coefficient (Wildman–Crippen LogP) is 5.22. The Bertz CT molecular complexity index is 1180. The molecule has 0 unspecified atom stereocenters. The second-order valence-electron chi connectivity index (χ2n) is 6.96. The van der Waals surface area contributed by atoms with Crippen LogP contribution in [0.4, 0.5) is 10.5 Å². The zero-order valence-corrected chi connectivity index (χ0v) is 18.9. The summed E-state index contributed by atoms with van der Waals surface area (Å²) in [7, 11) is 0. The summed E-state index contributed by atoms with van der Waals surface area (Å²) in [5.41, 5.74) is 3.38. The first-order valence-corrected chi connectivity index (χ1v) is 11.1. The highest BCUT2D eigenvalue weighted by atomic mass is 79.9. The lowest BCUT2D eigenvalue weighted by molar-refractivity contribution is -0.127. The third-order valence-electron chi connectivity index (χ3n) is 4.67. The molecule has 3 amide bonds. The number of hydrogen-bond acceptors (Lipinski definition) is 4. The summed E-state index contributed by atoms with van der Waals surface area (Å²) in [6, 6.07) is 18.8. The molecule has 8 heteroatoms. The second kappa shape index (κ2) is 8.95. The minimum Gasteiger partial charge on any atom is -0.325 e. The van der Waals surface area contributed by atoms with Gasteiger partial charge in [0, 0.05) is 27.7 Å². The fourth-order valence-electron chi connectivity index (χ4n) is 3.10. The first-order valence-electron chi connectivity index (χ1n) is 9.46. The van der Waals surface area contributed by atoms with Gasteiger partial charge in [0.2, 0.25) is 5.91 Å². The first kappa shape index (κ1) is 21.1. The molecular weight excluding hydrogens is 478 g/mol. The largest absolute Gasteiger partial charge is 0.325 e. The van der Waals surface area contributed by atoms with Crippen LogP contribution in [0.1, 0.15) is 11.3 Å². The number of thioether (sulfide) groups is 1. The quantitative estimate of drug-likeness (QED) is 0.492. The molecule has 4 rings (SSSR count). The number of benzene rings is 2. The summed E-state index contributed by atoms with van der Waals surface area (Å²) in [5.74, 6) is -0.900. The molecule has 0 saturated carbocycles. The zero-order chi connectivity index (χ0) is 22.0. The van der Waals surface area contributed by atoms with E-state index in [-0.39, 0.29) is 11.4 Å². The van der Waals surface area contributed by atoms with Crippen molar-refractivity contribution in [2.45, 2.75) is 6.92 Å². The van der Waals surface area contributed by atoms with Gasteiger partial charge in [-0.15, -0.1) is 0 Å². The van der Waals surface area contributed by atoms with Crippen LogP contribution in [-0.2, 0) is 9.59 Å². The zero-order valence-electron chi connectivity index (χ0n) is 16.5. The van der Waals surface area contributed by atoms with E-state index in [0.29, 0.717) is 5.69 Å². The number of aryl methyl sites for hydroxylation is 1. The summed E-state index contributed by atoms with van der Waals surface area (Å²) in [6.07, 6.45) is 3.55. The highest BCUT2D eigenvalue weighted by Gasteiger charge is 2.36. The molecule has 0 bridgehead atoms. The fraction of sp³-hybridized carbons (Fsp3) is 0.0870. The van der Waals surface area contributed by atoms with Crippen LogP contribution in [0, 0.1) is 6.92 Å². The van der Waals surface area contributed by atoms with Crippen molar-refractivity contribution in [3.05, 3.63) is 87.5 Å². The smallest absolute Gasteiger partial charge is 0.294 e. The van der Waals surface area contributed by atoms with Crippen LogP contribution in [0.3, 0.4) is 0 Å². The molecule has 6 nitrogen and oxygen atoms in total. The Kier molecular flexibility index (Phi) is 6.11. The maximum Gasteiger partial charge on any atom is 0.294 e. The van der Waals surface area contributed by atoms with E-state index < -0.39 is 17.1 Å². The molecule has 1 fully saturated rings. The first-order chi connectivity index (χ1) is 14.9. The van der Waals surface area contributed by atoms with Crippen molar-refractivity contribution in [2.24, 2.45) is 0 Å². The highest BCUT2D eigenvalue weighted by Crippen LogP contribution is 2.32. The number of rotatable bonds is 5. The molecule has 156 valence electrons. The number of halogens is 1. The molecule has 1 aliphatic heterocycles. The molecule has 0 spiro atoms. The number of nitrogens with one attached hydrogen (secondary N) is 1. The predicted molar refractivity (Wildman–Crippen MR) is 126 cm³/mol. The van der Waals surface area contributed by atoms with Crippen molar-refractivity contribution < 1.29 is 14.4 Å². The van der Waals surface area contributed by atoms with Crippen molar-refractivity contribution in [1.29, 1.82) is 0 Å². The number of carbonyl (C=O) groups excluding carboxylic acids is 3. The van der Waals surface area contributed by atoms with E-state index in [1.807, 2.05) is 66.2 Å². The van der Waals surface area contributed by atoms with E-state index in [0.717, 1.165) is 38.1 Å². The topological polar surface area (TPSA) is 71.4 Å². The minimum absolute atomic E-state index is 0.283. The molecule has 0 atom stereocenters. The Morgan fingerprint density at radius 2 is 1.77 bits per heavy atom. The van der Waals surface area contributed by atoms with Gasteiger partial charge in [-0.1, -0.05) is 33.6 Å². The van der Waals surface area contributed by atoms with Gasteiger partial charge in [0.1, 0.15) is 6.54 Å². The Morgan fingerprint density at radius 1 is 1.06 bits per heavy atom. The van der Waals surface area contributed by atoms with E-state index in [9.17, 15) is 14.4 Å². The van der Waals surface area contributed by atoms with Crippen molar-refractivity contribution in [2.75, 3.05) is 11.9 Å². The lowest BCUT2D eigenvalue weighted by atomic mass is 10.2. The van der Waals surface area contributed by atoms with Crippen molar-refractivity contribution in [3.8, 4) is 5.69 Å². The number of amides is 3.